The molecule has 1 saturated heterocycles. The van der Waals surface area contributed by atoms with Crippen LogP contribution in [0, 0.1) is 12.3 Å². The van der Waals surface area contributed by atoms with Gasteiger partial charge in [0.15, 0.2) is 9.84 Å². The number of terminal acetylenes is 1. The number of carbonyl (C=O) groups excluding carboxylic acids is 1. The molecule has 1 rings (SSSR count). The minimum atomic E-state index is -3.19. The van der Waals surface area contributed by atoms with E-state index in [2.05, 4.69) is 5.92 Å². The lowest BCUT2D eigenvalue weighted by Gasteiger charge is -2.30. The monoisotopic (exact) mass is 288 g/mol. The number of hydrogen-bond acceptors (Lipinski definition) is 4. The first-order valence-electron chi connectivity index (χ1n) is 5.64. The van der Waals surface area contributed by atoms with E-state index in [1.807, 2.05) is 0 Å². The maximum Gasteiger partial charge on any atom is 0.323 e. The van der Waals surface area contributed by atoms with Crippen LogP contribution in [0.25, 0.3) is 0 Å². The summed E-state index contributed by atoms with van der Waals surface area (Å²) in [6.45, 7) is -0.498. The molecular formula is C11H16N2O5S. The number of hydrogen-bond donors (Lipinski definition) is 1. The van der Waals surface area contributed by atoms with Gasteiger partial charge in [0.25, 0.3) is 0 Å². The molecule has 8 heteroatoms. The van der Waals surface area contributed by atoms with E-state index in [4.69, 9.17) is 11.5 Å². The van der Waals surface area contributed by atoms with Crippen molar-refractivity contribution in [2.45, 2.75) is 12.5 Å². The van der Waals surface area contributed by atoms with Crippen LogP contribution in [-0.4, -0.2) is 73.0 Å². The predicted octanol–water partition coefficient (Wildman–Crippen LogP) is -0.755. The van der Waals surface area contributed by atoms with E-state index in [0.717, 1.165) is 4.90 Å². The van der Waals surface area contributed by atoms with Gasteiger partial charge >= 0.3 is 12.0 Å². The van der Waals surface area contributed by atoms with Crippen LogP contribution in [0.15, 0.2) is 0 Å². The van der Waals surface area contributed by atoms with Crippen molar-refractivity contribution in [2.24, 2.45) is 0 Å². The van der Waals surface area contributed by atoms with Crippen molar-refractivity contribution in [1.29, 1.82) is 0 Å². The summed E-state index contributed by atoms with van der Waals surface area (Å²) in [4.78, 5) is 25.1. The molecule has 2 amide bonds. The van der Waals surface area contributed by atoms with Crippen LogP contribution in [0.2, 0.25) is 0 Å². The van der Waals surface area contributed by atoms with Gasteiger partial charge in [-0.25, -0.2) is 13.2 Å². The Labute approximate surface area is 112 Å². The molecule has 19 heavy (non-hydrogen) atoms. The van der Waals surface area contributed by atoms with Crippen LogP contribution >= 0.6 is 0 Å². The van der Waals surface area contributed by atoms with Crippen LogP contribution in [0.5, 0.6) is 0 Å². The first kappa shape index (κ1) is 15.3. The molecule has 0 aromatic heterocycles. The van der Waals surface area contributed by atoms with Gasteiger partial charge in [0.1, 0.15) is 6.54 Å². The van der Waals surface area contributed by atoms with Crippen molar-refractivity contribution in [2.75, 3.05) is 31.6 Å². The van der Waals surface area contributed by atoms with Crippen molar-refractivity contribution in [3.8, 4) is 12.3 Å². The summed E-state index contributed by atoms with van der Waals surface area (Å²) < 4.78 is 22.8. The second-order valence-electron chi connectivity index (χ2n) is 4.42. The lowest BCUT2D eigenvalue weighted by atomic mass is 10.2. The number of carboxylic acid groups (broad SMARTS) is 1. The minimum absolute atomic E-state index is 0.0279. The molecule has 1 fully saturated rings. The molecule has 0 aliphatic carbocycles. The quantitative estimate of drug-likeness (QED) is 0.686. The second-order valence-corrected chi connectivity index (χ2v) is 6.65. The van der Waals surface area contributed by atoms with Crippen molar-refractivity contribution >= 4 is 21.8 Å². The van der Waals surface area contributed by atoms with Crippen molar-refractivity contribution in [3.05, 3.63) is 0 Å². The summed E-state index contributed by atoms with van der Waals surface area (Å²) in [5.74, 6) is 0.862. The average Bonchev–Trinajstić information content (AvgIpc) is 2.65. The van der Waals surface area contributed by atoms with E-state index in [0.29, 0.717) is 0 Å². The number of carbonyl (C=O) groups is 2. The number of sulfone groups is 1. The second kappa shape index (κ2) is 5.93. The van der Waals surface area contributed by atoms with Gasteiger partial charge in [-0.05, 0) is 6.42 Å². The summed E-state index contributed by atoms with van der Waals surface area (Å²) in [7, 11) is -1.75. The average molecular weight is 288 g/mol. The Morgan fingerprint density at radius 3 is 2.53 bits per heavy atom. The Bertz CT molecular complexity index is 508. The highest BCUT2D eigenvalue weighted by Gasteiger charge is 2.36. The number of urea groups is 1. The number of rotatable bonds is 4. The summed E-state index contributed by atoms with van der Waals surface area (Å²) >= 11 is 0. The highest BCUT2D eigenvalue weighted by Crippen LogP contribution is 2.18. The predicted molar refractivity (Wildman–Crippen MR) is 68.3 cm³/mol. The number of carboxylic acids is 1. The molecule has 1 aliphatic heterocycles. The minimum Gasteiger partial charge on any atom is -0.480 e. The Morgan fingerprint density at radius 2 is 2.11 bits per heavy atom. The normalized spacial score (nSPS) is 20.5. The lowest BCUT2D eigenvalue weighted by molar-refractivity contribution is -0.138. The van der Waals surface area contributed by atoms with Crippen molar-refractivity contribution in [3.63, 3.8) is 0 Å². The Balaban J connectivity index is 2.87. The molecule has 1 N–H and O–H groups in total. The smallest absolute Gasteiger partial charge is 0.323 e. The van der Waals surface area contributed by atoms with Gasteiger partial charge in [-0.1, -0.05) is 5.92 Å². The number of nitrogens with zero attached hydrogens (tertiary/aromatic N) is 2. The molecule has 1 unspecified atom stereocenters. The fraction of sp³-hybridized carbons (Fsp3) is 0.636. The topological polar surface area (TPSA) is 95.0 Å². The van der Waals surface area contributed by atoms with Crippen molar-refractivity contribution < 1.29 is 23.1 Å². The van der Waals surface area contributed by atoms with Gasteiger partial charge in [0.2, 0.25) is 0 Å². The third-order valence-corrected chi connectivity index (χ3v) is 4.61. The largest absolute Gasteiger partial charge is 0.480 e. The van der Waals surface area contributed by atoms with Crippen LogP contribution in [0.3, 0.4) is 0 Å². The molecule has 0 saturated carbocycles. The summed E-state index contributed by atoms with van der Waals surface area (Å²) in [5, 5.41) is 8.83. The third-order valence-electron chi connectivity index (χ3n) is 2.86. The molecule has 7 nitrogen and oxygen atoms in total. The Morgan fingerprint density at radius 1 is 1.47 bits per heavy atom. The zero-order chi connectivity index (χ0) is 14.6. The van der Waals surface area contributed by atoms with E-state index in [9.17, 15) is 18.0 Å². The molecule has 1 atom stereocenters. The SMILES string of the molecule is C#CCN(C)C(=O)N(CC(=O)O)C1CCS(=O)(=O)C1. The molecule has 0 spiro atoms. The van der Waals surface area contributed by atoms with Gasteiger partial charge in [-0.2, -0.15) is 0 Å². The lowest BCUT2D eigenvalue weighted by Crippen LogP contribution is -2.49. The highest BCUT2D eigenvalue weighted by molar-refractivity contribution is 7.91. The zero-order valence-electron chi connectivity index (χ0n) is 10.6. The van der Waals surface area contributed by atoms with Gasteiger partial charge in [0.05, 0.1) is 18.1 Å². The third kappa shape index (κ3) is 4.13. The van der Waals surface area contributed by atoms with Gasteiger partial charge in [-0.3, -0.25) is 4.79 Å². The van der Waals surface area contributed by atoms with Gasteiger partial charge < -0.3 is 14.9 Å². The highest BCUT2D eigenvalue weighted by atomic mass is 32.2. The maximum absolute atomic E-state index is 12.1. The van der Waals surface area contributed by atoms with E-state index >= 15 is 0 Å². The number of aliphatic carboxylic acids is 1. The van der Waals surface area contributed by atoms with E-state index in [-0.39, 0.29) is 24.5 Å². The fourth-order valence-electron chi connectivity index (χ4n) is 1.94. The first-order chi connectivity index (χ1) is 8.76. The van der Waals surface area contributed by atoms with E-state index in [1.165, 1.54) is 11.9 Å². The van der Waals surface area contributed by atoms with Crippen molar-refractivity contribution in [1.82, 2.24) is 9.80 Å². The fourth-order valence-corrected chi connectivity index (χ4v) is 3.67. The Hall–Kier alpha value is -1.75. The summed E-state index contributed by atoms with van der Waals surface area (Å²) in [6, 6.07) is -1.17. The standard InChI is InChI=1S/C11H16N2O5S/c1-3-5-12(2)11(16)13(7-10(14)15)9-4-6-19(17,18)8-9/h1,9H,4-8H2,2H3,(H,14,15). The summed E-state index contributed by atoms with van der Waals surface area (Å²) in [5.41, 5.74) is 0. The van der Waals surface area contributed by atoms with Crippen LogP contribution in [0.4, 0.5) is 4.79 Å². The van der Waals surface area contributed by atoms with Crippen LogP contribution in [0.1, 0.15) is 6.42 Å². The number of amides is 2. The molecule has 0 aromatic carbocycles. The Kier molecular flexibility index (Phi) is 4.78. The molecule has 0 bridgehead atoms. The van der Waals surface area contributed by atoms with Crippen LogP contribution < -0.4 is 0 Å². The zero-order valence-corrected chi connectivity index (χ0v) is 11.4. The molecule has 0 radical (unpaired) electrons. The molecule has 1 aliphatic rings. The summed E-state index contributed by atoms with van der Waals surface area (Å²) in [6.07, 6.45) is 5.35. The van der Waals surface area contributed by atoms with Gasteiger partial charge in [-0.15, -0.1) is 6.42 Å². The van der Waals surface area contributed by atoms with Gasteiger partial charge in [0, 0.05) is 13.1 Å². The van der Waals surface area contributed by atoms with E-state index < -0.39 is 34.4 Å². The molecular weight excluding hydrogens is 272 g/mol. The maximum atomic E-state index is 12.1. The van der Waals surface area contributed by atoms with E-state index in [1.54, 1.807) is 0 Å². The first-order valence-corrected chi connectivity index (χ1v) is 7.46. The molecule has 1 heterocycles. The molecule has 0 aromatic rings. The molecule has 106 valence electrons. The van der Waals surface area contributed by atoms with Crippen LogP contribution in [-0.2, 0) is 14.6 Å².